The normalized spacial score (nSPS) is 18.3. The van der Waals surface area contributed by atoms with Gasteiger partial charge in [-0.3, -0.25) is 9.69 Å². The van der Waals surface area contributed by atoms with Crippen LogP contribution >= 0.6 is 0 Å². The van der Waals surface area contributed by atoms with E-state index in [9.17, 15) is 4.79 Å². The fourth-order valence-corrected chi connectivity index (χ4v) is 4.96. The van der Waals surface area contributed by atoms with Crippen LogP contribution in [0.2, 0.25) is 0 Å². The molecule has 2 atom stereocenters. The number of carbonyl (C=O) groups excluding carboxylic acids is 1. The van der Waals surface area contributed by atoms with Crippen molar-refractivity contribution in [3.63, 3.8) is 0 Å². The Morgan fingerprint density at radius 2 is 1.61 bits per heavy atom. The third kappa shape index (κ3) is 5.52. The highest BCUT2D eigenvalue weighted by molar-refractivity contribution is 5.94. The van der Waals surface area contributed by atoms with E-state index in [0.717, 1.165) is 31.6 Å². The van der Waals surface area contributed by atoms with Crippen LogP contribution in [0, 0.1) is 5.92 Å². The van der Waals surface area contributed by atoms with E-state index in [1.807, 2.05) is 35.2 Å². The van der Waals surface area contributed by atoms with Crippen LogP contribution in [-0.2, 0) is 6.54 Å². The molecule has 3 aromatic carbocycles. The van der Waals surface area contributed by atoms with E-state index in [2.05, 4.69) is 73.3 Å². The number of likely N-dealkylation sites (tertiary alicyclic amines) is 1. The van der Waals surface area contributed by atoms with Gasteiger partial charge in [0.25, 0.3) is 5.91 Å². The number of nitrogens with two attached hydrogens (primary N) is 1. The summed E-state index contributed by atoms with van der Waals surface area (Å²) in [7, 11) is 0. The summed E-state index contributed by atoms with van der Waals surface area (Å²) in [5.41, 5.74) is 10.7. The van der Waals surface area contributed by atoms with E-state index in [0.29, 0.717) is 12.5 Å². The molecule has 1 heterocycles. The second kappa shape index (κ2) is 10.8. The largest absolute Gasteiger partial charge is 0.333 e. The molecule has 172 valence electrons. The minimum absolute atomic E-state index is 0.0711. The smallest absolute Gasteiger partial charge is 0.254 e. The van der Waals surface area contributed by atoms with Crippen molar-refractivity contribution in [2.75, 3.05) is 19.6 Å². The fourth-order valence-electron chi connectivity index (χ4n) is 4.96. The Morgan fingerprint density at radius 1 is 0.970 bits per heavy atom. The molecular weight excluding hydrogens is 406 g/mol. The first-order valence-corrected chi connectivity index (χ1v) is 12.0. The molecule has 3 aromatic rings. The van der Waals surface area contributed by atoms with Crippen molar-refractivity contribution in [1.82, 2.24) is 9.80 Å². The maximum atomic E-state index is 13.3. The van der Waals surface area contributed by atoms with Gasteiger partial charge in [0.1, 0.15) is 0 Å². The van der Waals surface area contributed by atoms with E-state index in [-0.39, 0.29) is 18.0 Å². The molecule has 0 bridgehead atoms. The molecule has 1 aliphatic heterocycles. The molecule has 4 rings (SSSR count). The Labute approximate surface area is 198 Å². The molecule has 1 fully saturated rings. The van der Waals surface area contributed by atoms with Crippen molar-refractivity contribution in [1.29, 1.82) is 0 Å². The molecule has 4 heteroatoms. The summed E-state index contributed by atoms with van der Waals surface area (Å²) in [6.45, 7) is 7.58. The lowest BCUT2D eigenvalue weighted by Gasteiger charge is -2.31. The van der Waals surface area contributed by atoms with E-state index in [1.165, 1.54) is 16.7 Å². The molecule has 0 saturated carbocycles. The Morgan fingerprint density at radius 3 is 2.27 bits per heavy atom. The van der Waals surface area contributed by atoms with Gasteiger partial charge in [-0.2, -0.15) is 0 Å². The van der Waals surface area contributed by atoms with Gasteiger partial charge in [0.05, 0.1) is 0 Å². The van der Waals surface area contributed by atoms with Gasteiger partial charge in [0.2, 0.25) is 0 Å². The minimum atomic E-state index is 0.0711. The molecular formula is C29H35N3O. The van der Waals surface area contributed by atoms with Crippen molar-refractivity contribution in [3.8, 4) is 11.1 Å². The van der Waals surface area contributed by atoms with E-state index in [4.69, 9.17) is 5.73 Å². The highest BCUT2D eigenvalue weighted by Gasteiger charge is 2.37. The highest BCUT2D eigenvalue weighted by atomic mass is 16.2. The Kier molecular flexibility index (Phi) is 7.58. The van der Waals surface area contributed by atoms with Crippen molar-refractivity contribution in [3.05, 3.63) is 96.1 Å². The van der Waals surface area contributed by atoms with Gasteiger partial charge >= 0.3 is 0 Å². The molecule has 0 spiro atoms. The summed E-state index contributed by atoms with van der Waals surface area (Å²) in [4.78, 5) is 17.8. The minimum Gasteiger partial charge on any atom is -0.333 e. The van der Waals surface area contributed by atoms with Gasteiger partial charge in [-0.15, -0.1) is 0 Å². The van der Waals surface area contributed by atoms with Gasteiger partial charge in [-0.25, -0.2) is 0 Å². The monoisotopic (exact) mass is 441 g/mol. The summed E-state index contributed by atoms with van der Waals surface area (Å²) in [5, 5.41) is 0. The molecule has 1 amide bonds. The number of hydrogen-bond acceptors (Lipinski definition) is 3. The predicted molar refractivity (Wildman–Crippen MR) is 136 cm³/mol. The number of carbonyl (C=O) groups is 1. The van der Waals surface area contributed by atoms with Gasteiger partial charge < -0.3 is 10.6 Å². The van der Waals surface area contributed by atoms with Gasteiger partial charge in [-0.05, 0) is 41.2 Å². The first kappa shape index (κ1) is 23.2. The van der Waals surface area contributed by atoms with E-state index < -0.39 is 0 Å². The molecule has 0 unspecified atom stereocenters. The zero-order chi connectivity index (χ0) is 23.2. The topological polar surface area (TPSA) is 49.6 Å². The number of benzene rings is 3. The van der Waals surface area contributed by atoms with Crippen molar-refractivity contribution >= 4 is 5.91 Å². The summed E-state index contributed by atoms with van der Waals surface area (Å²) in [6.07, 6.45) is 0.912. The summed E-state index contributed by atoms with van der Waals surface area (Å²) >= 11 is 0. The third-order valence-electron chi connectivity index (χ3n) is 6.54. The molecule has 0 aromatic heterocycles. The average Bonchev–Trinajstić information content (AvgIpc) is 3.29. The van der Waals surface area contributed by atoms with Crippen molar-refractivity contribution in [2.24, 2.45) is 11.7 Å². The van der Waals surface area contributed by atoms with Gasteiger partial charge in [-0.1, -0.05) is 86.6 Å². The zero-order valence-electron chi connectivity index (χ0n) is 19.7. The van der Waals surface area contributed by atoms with Crippen LogP contribution in [0.15, 0.2) is 84.9 Å². The van der Waals surface area contributed by atoms with Crippen molar-refractivity contribution < 1.29 is 4.79 Å². The maximum absolute atomic E-state index is 13.3. The Hall–Kier alpha value is -2.95. The first-order valence-electron chi connectivity index (χ1n) is 12.0. The van der Waals surface area contributed by atoms with Crippen LogP contribution in [0.3, 0.4) is 0 Å². The Bertz CT molecular complexity index is 1040. The third-order valence-corrected chi connectivity index (χ3v) is 6.54. The summed E-state index contributed by atoms with van der Waals surface area (Å²) < 4.78 is 0. The lowest BCUT2D eigenvalue weighted by molar-refractivity contribution is 0.0726. The lowest BCUT2D eigenvalue weighted by atomic mass is 9.98. The van der Waals surface area contributed by atoms with Crippen LogP contribution in [0.1, 0.15) is 36.2 Å². The van der Waals surface area contributed by atoms with Crippen LogP contribution in [0.25, 0.3) is 11.1 Å². The maximum Gasteiger partial charge on any atom is 0.254 e. The number of rotatable bonds is 8. The number of nitrogens with zero attached hydrogens (tertiary/aromatic N) is 2. The zero-order valence-corrected chi connectivity index (χ0v) is 19.7. The molecule has 0 radical (unpaired) electrons. The first-order chi connectivity index (χ1) is 16.1. The van der Waals surface area contributed by atoms with Crippen LogP contribution in [-0.4, -0.2) is 47.4 Å². The quantitative estimate of drug-likeness (QED) is 0.532. The van der Waals surface area contributed by atoms with Crippen molar-refractivity contribution in [2.45, 2.75) is 38.9 Å². The molecule has 2 N–H and O–H groups in total. The molecule has 4 nitrogen and oxygen atoms in total. The van der Waals surface area contributed by atoms with Gasteiger partial charge in [0, 0.05) is 43.8 Å². The molecule has 33 heavy (non-hydrogen) atoms. The van der Waals surface area contributed by atoms with E-state index >= 15 is 0 Å². The van der Waals surface area contributed by atoms with Crippen LogP contribution < -0.4 is 5.73 Å². The van der Waals surface area contributed by atoms with E-state index in [1.54, 1.807) is 0 Å². The second-order valence-corrected chi connectivity index (χ2v) is 9.45. The Balaban J connectivity index is 1.58. The number of hydrogen-bond donors (Lipinski definition) is 1. The average molecular weight is 442 g/mol. The fraction of sp³-hybridized carbons (Fsp3) is 0.345. The second-order valence-electron chi connectivity index (χ2n) is 9.45. The van der Waals surface area contributed by atoms with Crippen LogP contribution in [0.5, 0.6) is 0 Å². The summed E-state index contributed by atoms with van der Waals surface area (Å²) in [6, 6.07) is 29.2. The van der Waals surface area contributed by atoms with Crippen LogP contribution in [0.4, 0.5) is 0 Å². The molecule has 0 aliphatic carbocycles. The molecule has 1 aliphatic rings. The molecule has 1 saturated heterocycles. The predicted octanol–water partition coefficient (Wildman–Crippen LogP) is 5.05. The van der Waals surface area contributed by atoms with Gasteiger partial charge in [0.15, 0.2) is 0 Å². The standard InChI is InChI=1S/C29H35N3O/c1-22(2)19-31(20-25-15-9-10-16-28(25)23-11-5-3-6-12-23)27-17-26(18-30)32(21-27)29(33)24-13-7-4-8-14-24/h3-16,22,26-27H,17-21,30H2,1-2H3/t26-,27+/m0/s1. The lowest BCUT2D eigenvalue weighted by Crippen LogP contribution is -2.42. The summed E-state index contributed by atoms with van der Waals surface area (Å²) in [5.74, 6) is 0.617. The SMILES string of the molecule is CC(C)CN(Cc1ccccc1-c1ccccc1)[C@@H]1C[C@@H](CN)N(C(=O)c2ccccc2)C1. The highest BCUT2D eigenvalue weighted by Crippen LogP contribution is 2.29. The number of amides is 1.